The Morgan fingerprint density at radius 1 is 0.974 bits per heavy atom. The number of ether oxygens (including phenoxy) is 4. The van der Waals surface area contributed by atoms with Gasteiger partial charge in [-0.1, -0.05) is 24.8 Å². The minimum absolute atomic E-state index is 0.0206. The molecule has 0 radical (unpaired) electrons. The molecule has 206 valence electrons. The van der Waals surface area contributed by atoms with Crippen molar-refractivity contribution in [2.24, 2.45) is 5.10 Å². The van der Waals surface area contributed by atoms with Crippen molar-refractivity contribution >= 4 is 27.8 Å². The van der Waals surface area contributed by atoms with Crippen LogP contribution in [0.25, 0.3) is 0 Å². The Labute approximate surface area is 228 Å². The number of carbonyl (C=O) groups excluding carboxylic acids is 1. The normalized spacial score (nSPS) is 11.1. The van der Waals surface area contributed by atoms with Crippen molar-refractivity contribution in [2.75, 3.05) is 38.3 Å². The number of sulfonamides is 1. The third-order valence-corrected chi connectivity index (χ3v) is 7.09. The molecule has 0 heterocycles. The number of carbonyl (C=O) groups is 1. The maximum absolute atomic E-state index is 13.6. The molecule has 0 saturated heterocycles. The number of benzene rings is 3. The maximum atomic E-state index is 13.6. The number of methoxy groups -OCH3 is 2. The van der Waals surface area contributed by atoms with Crippen LogP contribution in [-0.4, -0.2) is 54.5 Å². The van der Waals surface area contributed by atoms with Crippen molar-refractivity contribution < 1.29 is 32.2 Å². The van der Waals surface area contributed by atoms with E-state index < -0.39 is 22.5 Å². The van der Waals surface area contributed by atoms with Crippen LogP contribution >= 0.6 is 0 Å². The third-order valence-electron chi connectivity index (χ3n) is 5.32. The van der Waals surface area contributed by atoms with Gasteiger partial charge >= 0.3 is 0 Å². The van der Waals surface area contributed by atoms with Crippen LogP contribution in [0.3, 0.4) is 0 Å². The Morgan fingerprint density at radius 3 is 2.38 bits per heavy atom. The number of rotatable bonds is 14. The number of hydrogen-bond donors (Lipinski definition) is 1. The molecule has 10 nitrogen and oxygen atoms in total. The molecule has 0 aliphatic rings. The van der Waals surface area contributed by atoms with E-state index in [0.717, 1.165) is 4.31 Å². The first-order valence-electron chi connectivity index (χ1n) is 12.0. The van der Waals surface area contributed by atoms with E-state index in [9.17, 15) is 13.2 Å². The summed E-state index contributed by atoms with van der Waals surface area (Å²) in [4.78, 5) is 12.9. The average molecular weight is 554 g/mol. The number of nitrogens with zero attached hydrogens (tertiary/aromatic N) is 2. The third kappa shape index (κ3) is 7.51. The number of nitrogens with one attached hydrogen (secondary N) is 1. The molecule has 0 aliphatic carbocycles. The molecule has 3 rings (SSSR count). The van der Waals surface area contributed by atoms with Crippen LogP contribution in [0.4, 0.5) is 5.69 Å². The molecule has 0 fully saturated rings. The van der Waals surface area contributed by atoms with Gasteiger partial charge in [-0.2, -0.15) is 5.10 Å². The lowest BCUT2D eigenvalue weighted by molar-refractivity contribution is -0.119. The van der Waals surface area contributed by atoms with Crippen LogP contribution in [0.1, 0.15) is 12.5 Å². The van der Waals surface area contributed by atoms with Gasteiger partial charge in [0.15, 0.2) is 11.5 Å². The van der Waals surface area contributed by atoms with Gasteiger partial charge in [0.1, 0.15) is 24.7 Å². The number of hydrogen-bond acceptors (Lipinski definition) is 8. The van der Waals surface area contributed by atoms with Gasteiger partial charge in [-0.25, -0.2) is 13.8 Å². The highest BCUT2D eigenvalue weighted by molar-refractivity contribution is 7.92. The Bertz CT molecular complexity index is 1410. The van der Waals surface area contributed by atoms with Gasteiger partial charge in [-0.3, -0.25) is 9.10 Å². The van der Waals surface area contributed by atoms with E-state index in [1.165, 1.54) is 44.7 Å². The van der Waals surface area contributed by atoms with Gasteiger partial charge in [0, 0.05) is 0 Å². The molecule has 3 aromatic rings. The van der Waals surface area contributed by atoms with Crippen molar-refractivity contribution in [3.05, 3.63) is 84.9 Å². The lowest BCUT2D eigenvalue weighted by atomic mass is 10.2. The molecule has 1 amide bonds. The Morgan fingerprint density at radius 2 is 1.72 bits per heavy atom. The number of para-hydroxylation sites is 2. The number of anilines is 1. The molecule has 1 N–H and O–H groups in total. The summed E-state index contributed by atoms with van der Waals surface area (Å²) >= 11 is 0. The fraction of sp³-hybridized carbons (Fsp3) is 0.214. The fourth-order valence-electron chi connectivity index (χ4n) is 3.50. The van der Waals surface area contributed by atoms with Crippen molar-refractivity contribution in [2.45, 2.75) is 11.8 Å². The monoisotopic (exact) mass is 553 g/mol. The smallest absolute Gasteiger partial charge is 0.264 e. The molecule has 0 aromatic heterocycles. The van der Waals surface area contributed by atoms with Crippen molar-refractivity contribution in [3.63, 3.8) is 0 Å². The van der Waals surface area contributed by atoms with E-state index in [1.54, 1.807) is 48.5 Å². The van der Waals surface area contributed by atoms with E-state index >= 15 is 0 Å². The first-order valence-corrected chi connectivity index (χ1v) is 13.4. The maximum Gasteiger partial charge on any atom is 0.264 e. The highest BCUT2D eigenvalue weighted by atomic mass is 32.2. The lowest BCUT2D eigenvalue weighted by Crippen LogP contribution is -2.39. The van der Waals surface area contributed by atoms with Crippen molar-refractivity contribution in [3.8, 4) is 23.0 Å². The van der Waals surface area contributed by atoms with Crippen LogP contribution in [0.15, 0.2) is 89.4 Å². The molecule has 0 unspecified atom stereocenters. The Hall–Kier alpha value is -4.51. The fourth-order valence-corrected chi connectivity index (χ4v) is 4.93. The predicted octanol–water partition coefficient (Wildman–Crippen LogP) is 4.01. The van der Waals surface area contributed by atoms with E-state index in [2.05, 4.69) is 17.1 Å². The molecule has 0 saturated carbocycles. The van der Waals surface area contributed by atoms with E-state index in [1.807, 2.05) is 6.92 Å². The SMILES string of the molecule is C=CCOc1ccc(/C=N\NC(=O)CN(c2ccccc2OC)S(=O)(=O)c2ccc(OC)cc2)cc1OCC. The summed E-state index contributed by atoms with van der Waals surface area (Å²) in [6.45, 7) is 5.70. The highest BCUT2D eigenvalue weighted by Crippen LogP contribution is 2.32. The van der Waals surface area contributed by atoms with Gasteiger partial charge in [-0.05, 0) is 67.1 Å². The van der Waals surface area contributed by atoms with E-state index in [4.69, 9.17) is 18.9 Å². The first-order chi connectivity index (χ1) is 18.8. The summed E-state index contributed by atoms with van der Waals surface area (Å²) in [5, 5.41) is 4.00. The van der Waals surface area contributed by atoms with Gasteiger partial charge in [0.05, 0.1) is 37.6 Å². The summed E-state index contributed by atoms with van der Waals surface area (Å²) in [5.74, 6) is 1.19. The quantitative estimate of drug-likeness (QED) is 0.182. The molecule has 39 heavy (non-hydrogen) atoms. The molecular formula is C28H31N3O7S. The molecular weight excluding hydrogens is 522 g/mol. The summed E-state index contributed by atoms with van der Waals surface area (Å²) < 4.78 is 49.9. The van der Waals surface area contributed by atoms with Crippen LogP contribution < -0.4 is 28.7 Å². The zero-order valence-corrected chi connectivity index (χ0v) is 22.8. The number of hydrazone groups is 1. The lowest BCUT2D eigenvalue weighted by Gasteiger charge is -2.25. The molecule has 0 atom stereocenters. The van der Waals surface area contributed by atoms with Crippen LogP contribution in [0.5, 0.6) is 23.0 Å². The van der Waals surface area contributed by atoms with Gasteiger partial charge < -0.3 is 18.9 Å². The summed E-state index contributed by atoms with van der Waals surface area (Å²) in [6.07, 6.45) is 3.05. The molecule has 0 bridgehead atoms. The highest BCUT2D eigenvalue weighted by Gasteiger charge is 2.29. The minimum atomic E-state index is -4.16. The van der Waals surface area contributed by atoms with Crippen LogP contribution in [-0.2, 0) is 14.8 Å². The zero-order valence-electron chi connectivity index (χ0n) is 22.0. The molecule has 0 aliphatic heterocycles. The Balaban J connectivity index is 1.83. The van der Waals surface area contributed by atoms with Gasteiger partial charge in [0.2, 0.25) is 0 Å². The number of amides is 1. The molecule has 0 spiro atoms. The van der Waals surface area contributed by atoms with E-state index in [0.29, 0.717) is 36.0 Å². The topological polar surface area (TPSA) is 116 Å². The van der Waals surface area contributed by atoms with Gasteiger partial charge in [0.25, 0.3) is 15.9 Å². The second kappa shape index (κ2) is 13.9. The predicted molar refractivity (Wildman–Crippen MR) is 150 cm³/mol. The zero-order chi connectivity index (χ0) is 28.3. The first kappa shape index (κ1) is 29.1. The second-order valence-corrected chi connectivity index (χ2v) is 9.75. The second-order valence-electron chi connectivity index (χ2n) is 7.89. The molecule has 11 heteroatoms. The molecule has 3 aromatic carbocycles. The minimum Gasteiger partial charge on any atom is -0.497 e. The largest absolute Gasteiger partial charge is 0.497 e. The summed E-state index contributed by atoms with van der Waals surface area (Å²) in [7, 11) is -1.25. The van der Waals surface area contributed by atoms with Crippen molar-refractivity contribution in [1.29, 1.82) is 0 Å². The Kier molecular flexibility index (Phi) is 10.3. The summed E-state index contributed by atoms with van der Waals surface area (Å²) in [5.41, 5.74) is 3.23. The van der Waals surface area contributed by atoms with Crippen LogP contribution in [0.2, 0.25) is 0 Å². The standard InChI is InChI=1S/C28H31N3O7S/c1-5-17-38-26-16-11-21(18-27(26)37-6-2)19-29-30-28(32)20-31(24-9-7-8-10-25(24)36-4)39(33,34)23-14-12-22(35-3)13-15-23/h5,7-16,18-19H,1,6,17,20H2,2-4H3,(H,30,32)/b29-19-. The van der Waals surface area contributed by atoms with Crippen LogP contribution in [0, 0.1) is 0 Å². The van der Waals surface area contributed by atoms with Crippen molar-refractivity contribution in [1.82, 2.24) is 5.43 Å². The average Bonchev–Trinajstić information content (AvgIpc) is 2.95. The van der Waals surface area contributed by atoms with Gasteiger partial charge in [-0.15, -0.1) is 0 Å². The summed E-state index contributed by atoms with van der Waals surface area (Å²) in [6, 6.07) is 17.6. The van der Waals surface area contributed by atoms with E-state index in [-0.39, 0.29) is 16.3 Å².